The van der Waals surface area contributed by atoms with E-state index in [-0.39, 0.29) is 17.9 Å². The van der Waals surface area contributed by atoms with Crippen LogP contribution in [0.1, 0.15) is 11.1 Å². The predicted molar refractivity (Wildman–Crippen MR) is 141 cm³/mol. The maximum absolute atomic E-state index is 13.1. The summed E-state index contributed by atoms with van der Waals surface area (Å²) in [6.07, 6.45) is 1.35. The number of nitro benzene ring substituents is 1. The van der Waals surface area contributed by atoms with Crippen LogP contribution in [-0.4, -0.2) is 29.9 Å². The van der Waals surface area contributed by atoms with Gasteiger partial charge in [-0.2, -0.15) is 0 Å². The van der Waals surface area contributed by atoms with Crippen LogP contribution in [0.4, 0.5) is 16.2 Å². The number of non-ortho nitro benzene ring substituents is 1. The average Bonchev–Trinajstić information content (AvgIpc) is 2.87. The van der Waals surface area contributed by atoms with E-state index in [1.165, 1.54) is 25.3 Å². The Kier molecular flexibility index (Phi) is 7.69. The maximum Gasteiger partial charge on any atom is 0.335 e. The van der Waals surface area contributed by atoms with Crippen molar-refractivity contribution in [2.45, 2.75) is 6.61 Å². The van der Waals surface area contributed by atoms with E-state index in [2.05, 4.69) is 37.2 Å². The first-order valence-electron chi connectivity index (χ1n) is 10.6. The zero-order chi connectivity index (χ0) is 26.7. The number of carbonyl (C=O) groups excluding carboxylic acids is 3. The summed E-state index contributed by atoms with van der Waals surface area (Å²) in [6.45, 7) is 0.110. The number of nitro groups is 1. The van der Waals surface area contributed by atoms with Crippen molar-refractivity contribution in [3.8, 4) is 11.5 Å². The Balaban J connectivity index is 1.60. The number of benzene rings is 3. The molecule has 1 fully saturated rings. The second kappa shape index (κ2) is 10.9. The van der Waals surface area contributed by atoms with E-state index in [1.807, 2.05) is 0 Å². The molecule has 0 aliphatic carbocycles. The first kappa shape index (κ1) is 26.0. The molecule has 1 aliphatic rings. The van der Waals surface area contributed by atoms with Gasteiger partial charge in [0, 0.05) is 16.6 Å². The van der Waals surface area contributed by atoms with Crippen molar-refractivity contribution in [2.75, 3.05) is 12.0 Å². The van der Waals surface area contributed by atoms with Crippen molar-refractivity contribution in [2.24, 2.45) is 0 Å². The predicted octanol–water partition coefficient (Wildman–Crippen LogP) is 5.37. The third-order valence-electron chi connectivity index (χ3n) is 5.28. The van der Waals surface area contributed by atoms with Gasteiger partial charge in [-0.05, 0) is 81.7 Å². The third kappa shape index (κ3) is 5.70. The lowest BCUT2D eigenvalue weighted by atomic mass is 10.1. The number of barbiturate groups is 1. The number of urea groups is 1. The van der Waals surface area contributed by atoms with Crippen LogP contribution in [0.5, 0.6) is 11.5 Å². The quantitative estimate of drug-likeness (QED) is 0.161. The van der Waals surface area contributed by atoms with Crippen molar-refractivity contribution in [3.05, 3.63) is 96.4 Å². The SMILES string of the molecule is COc1cc(/C=C2\C(=O)NC(=O)N(c3ccc(Br)cc3)C2=O)cc(Br)c1OCc1ccc([N+](=O)[O-])cc1. The fraction of sp³-hybridized carbons (Fsp3) is 0.0800. The normalized spacial score (nSPS) is 14.5. The highest BCUT2D eigenvalue weighted by Crippen LogP contribution is 2.38. The maximum atomic E-state index is 13.1. The van der Waals surface area contributed by atoms with Gasteiger partial charge >= 0.3 is 6.03 Å². The molecule has 0 aromatic heterocycles. The van der Waals surface area contributed by atoms with Gasteiger partial charge in [0.15, 0.2) is 11.5 Å². The van der Waals surface area contributed by atoms with Gasteiger partial charge in [0.1, 0.15) is 12.2 Å². The Bertz CT molecular complexity index is 1440. The van der Waals surface area contributed by atoms with E-state index in [9.17, 15) is 24.5 Å². The number of methoxy groups -OCH3 is 1. The third-order valence-corrected chi connectivity index (χ3v) is 6.40. The molecular formula is C25H17Br2N3O7. The molecule has 1 heterocycles. The van der Waals surface area contributed by atoms with E-state index >= 15 is 0 Å². The van der Waals surface area contributed by atoms with Crippen molar-refractivity contribution < 1.29 is 28.8 Å². The number of amides is 4. The summed E-state index contributed by atoms with van der Waals surface area (Å²) >= 11 is 6.73. The monoisotopic (exact) mass is 629 g/mol. The molecule has 3 aromatic rings. The lowest BCUT2D eigenvalue weighted by Crippen LogP contribution is -2.54. The van der Waals surface area contributed by atoms with Gasteiger partial charge in [-0.3, -0.25) is 25.0 Å². The summed E-state index contributed by atoms with van der Waals surface area (Å²) < 4.78 is 12.5. The molecule has 4 amide bonds. The first-order chi connectivity index (χ1) is 17.7. The summed E-state index contributed by atoms with van der Waals surface area (Å²) in [4.78, 5) is 49.3. The van der Waals surface area contributed by atoms with Crippen molar-refractivity contribution in [1.82, 2.24) is 5.32 Å². The zero-order valence-corrected chi connectivity index (χ0v) is 22.2. The van der Waals surface area contributed by atoms with Crippen LogP contribution in [-0.2, 0) is 16.2 Å². The van der Waals surface area contributed by atoms with Crippen LogP contribution in [0.3, 0.4) is 0 Å². The Hall–Kier alpha value is -4.03. The number of carbonyl (C=O) groups is 3. The molecule has 188 valence electrons. The number of ether oxygens (including phenoxy) is 2. The Morgan fingerprint density at radius 2 is 1.70 bits per heavy atom. The number of hydrogen-bond donors (Lipinski definition) is 1. The van der Waals surface area contributed by atoms with Gasteiger partial charge < -0.3 is 9.47 Å². The molecule has 1 saturated heterocycles. The smallest absolute Gasteiger partial charge is 0.335 e. The van der Waals surface area contributed by atoms with Gasteiger partial charge in [0.05, 0.1) is 22.2 Å². The van der Waals surface area contributed by atoms with E-state index in [0.717, 1.165) is 9.37 Å². The lowest BCUT2D eigenvalue weighted by Gasteiger charge is -2.26. The van der Waals surface area contributed by atoms with Gasteiger partial charge in [0.25, 0.3) is 17.5 Å². The van der Waals surface area contributed by atoms with Gasteiger partial charge in [-0.15, -0.1) is 0 Å². The molecule has 4 rings (SSSR count). The average molecular weight is 631 g/mol. The molecule has 1 N–H and O–H groups in total. The van der Waals surface area contributed by atoms with Crippen molar-refractivity contribution in [1.29, 1.82) is 0 Å². The molecular weight excluding hydrogens is 614 g/mol. The Labute approximate surface area is 227 Å². The van der Waals surface area contributed by atoms with E-state index in [1.54, 1.807) is 48.5 Å². The molecule has 0 atom stereocenters. The number of anilines is 1. The topological polar surface area (TPSA) is 128 Å². The fourth-order valence-electron chi connectivity index (χ4n) is 3.48. The second-order valence-corrected chi connectivity index (χ2v) is 9.45. The highest BCUT2D eigenvalue weighted by atomic mass is 79.9. The van der Waals surface area contributed by atoms with Crippen LogP contribution in [0, 0.1) is 10.1 Å². The highest BCUT2D eigenvalue weighted by molar-refractivity contribution is 9.10. The molecule has 0 bridgehead atoms. The number of nitrogens with zero attached hydrogens (tertiary/aromatic N) is 2. The molecule has 10 nitrogen and oxygen atoms in total. The summed E-state index contributed by atoms with van der Waals surface area (Å²) in [5.74, 6) is -0.927. The molecule has 3 aromatic carbocycles. The van der Waals surface area contributed by atoms with Gasteiger partial charge in [-0.1, -0.05) is 15.9 Å². The van der Waals surface area contributed by atoms with Gasteiger partial charge in [0.2, 0.25) is 0 Å². The van der Waals surface area contributed by atoms with E-state index in [4.69, 9.17) is 9.47 Å². The Morgan fingerprint density at radius 3 is 2.32 bits per heavy atom. The molecule has 0 unspecified atom stereocenters. The number of hydrogen-bond acceptors (Lipinski definition) is 7. The minimum atomic E-state index is -0.844. The summed E-state index contributed by atoms with van der Waals surface area (Å²) in [5, 5.41) is 13.0. The van der Waals surface area contributed by atoms with E-state index < -0.39 is 22.8 Å². The second-order valence-electron chi connectivity index (χ2n) is 7.68. The molecule has 12 heteroatoms. The molecule has 0 radical (unpaired) electrons. The summed E-state index contributed by atoms with van der Waals surface area (Å²) in [6, 6.07) is 14.8. The molecule has 1 aliphatic heterocycles. The molecule has 0 saturated carbocycles. The van der Waals surface area contributed by atoms with Crippen LogP contribution in [0.25, 0.3) is 6.08 Å². The zero-order valence-electron chi connectivity index (χ0n) is 19.1. The number of rotatable bonds is 7. The van der Waals surface area contributed by atoms with Crippen molar-refractivity contribution >= 4 is 67.2 Å². The summed E-state index contributed by atoms with van der Waals surface area (Å²) in [7, 11) is 1.43. The van der Waals surface area contributed by atoms with Crippen LogP contribution in [0.2, 0.25) is 0 Å². The first-order valence-corrected chi connectivity index (χ1v) is 12.2. The van der Waals surface area contributed by atoms with Crippen LogP contribution in [0.15, 0.2) is 75.2 Å². The summed E-state index contributed by atoms with van der Waals surface area (Å²) in [5.41, 5.74) is 1.18. The molecule has 0 spiro atoms. The highest BCUT2D eigenvalue weighted by Gasteiger charge is 2.36. The minimum Gasteiger partial charge on any atom is -0.493 e. The van der Waals surface area contributed by atoms with E-state index in [0.29, 0.717) is 32.8 Å². The molecule has 37 heavy (non-hydrogen) atoms. The standard InChI is InChI=1S/C25H17Br2N3O7/c1-36-21-12-15(11-20(27)22(21)37-13-14-2-6-18(7-3-14)30(34)35)10-19-23(31)28-25(33)29(24(19)32)17-8-4-16(26)5-9-17/h2-12H,13H2,1H3,(H,28,31,33)/b19-10+. The van der Waals surface area contributed by atoms with Crippen LogP contribution >= 0.6 is 31.9 Å². The van der Waals surface area contributed by atoms with Gasteiger partial charge in [-0.25, -0.2) is 9.69 Å². The number of halogens is 2. The van der Waals surface area contributed by atoms with Crippen molar-refractivity contribution in [3.63, 3.8) is 0 Å². The Morgan fingerprint density at radius 1 is 1.03 bits per heavy atom. The largest absolute Gasteiger partial charge is 0.493 e. The minimum absolute atomic E-state index is 0.0263. The number of nitrogens with one attached hydrogen (secondary N) is 1. The number of imide groups is 2. The fourth-order valence-corrected chi connectivity index (χ4v) is 4.32. The lowest BCUT2D eigenvalue weighted by molar-refractivity contribution is -0.384. The van der Waals surface area contributed by atoms with Crippen LogP contribution < -0.4 is 19.7 Å².